The molecule has 0 saturated heterocycles. The second-order valence-electron chi connectivity index (χ2n) is 4.45. The van der Waals surface area contributed by atoms with E-state index in [1.165, 1.54) is 18.4 Å². The number of aromatic hydroxyl groups is 1. The standard InChI is InChI=1S/C12H15NO2/c14-11-4-1-8-5-10(13-9-2-3-9)7-15-12(8)6-11/h1,4,6,9-10,13-14H,2-3,5,7H2. The number of benzene rings is 1. The number of phenols is 1. The topological polar surface area (TPSA) is 41.5 Å². The summed E-state index contributed by atoms with van der Waals surface area (Å²) in [5.41, 5.74) is 1.19. The van der Waals surface area contributed by atoms with E-state index in [4.69, 9.17) is 4.74 Å². The molecule has 1 atom stereocenters. The minimum absolute atomic E-state index is 0.280. The number of nitrogens with one attached hydrogen (secondary N) is 1. The summed E-state index contributed by atoms with van der Waals surface area (Å²) >= 11 is 0. The fraction of sp³-hybridized carbons (Fsp3) is 0.500. The zero-order valence-electron chi connectivity index (χ0n) is 8.57. The monoisotopic (exact) mass is 205 g/mol. The molecule has 0 bridgehead atoms. The zero-order chi connectivity index (χ0) is 10.3. The van der Waals surface area contributed by atoms with Crippen LogP contribution in [-0.4, -0.2) is 23.8 Å². The second kappa shape index (κ2) is 3.42. The van der Waals surface area contributed by atoms with E-state index in [2.05, 4.69) is 5.32 Å². The van der Waals surface area contributed by atoms with Crippen molar-refractivity contribution < 1.29 is 9.84 Å². The molecule has 1 heterocycles. The molecule has 0 amide bonds. The Balaban J connectivity index is 1.74. The van der Waals surface area contributed by atoms with Gasteiger partial charge >= 0.3 is 0 Å². The molecular formula is C12H15NO2. The number of hydrogen-bond donors (Lipinski definition) is 2. The minimum atomic E-state index is 0.280. The Kier molecular flexibility index (Phi) is 2.06. The summed E-state index contributed by atoms with van der Waals surface area (Å²) in [7, 11) is 0. The van der Waals surface area contributed by atoms with Gasteiger partial charge in [-0.1, -0.05) is 6.07 Å². The van der Waals surface area contributed by atoms with Gasteiger partial charge in [-0.3, -0.25) is 0 Å². The van der Waals surface area contributed by atoms with Crippen LogP contribution in [0.3, 0.4) is 0 Å². The number of phenolic OH excluding ortho intramolecular Hbond substituents is 1. The molecule has 2 aliphatic rings. The maximum Gasteiger partial charge on any atom is 0.126 e. The van der Waals surface area contributed by atoms with E-state index >= 15 is 0 Å². The van der Waals surface area contributed by atoms with Crippen molar-refractivity contribution in [3.63, 3.8) is 0 Å². The van der Waals surface area contributed by atoms with Crippen molar-refractivity contribution in [3.8, 4) is 11.5 Å². The van der Waals surface area contributed by atoms with Gasteiger partial charge in [0.05, 0.1) is 0 Å². The van der Waals surface area contributed by atoms with Crippen molar-refractivity contribution in [2.24, 2.45) is 0 Å². The van der Waals surface area contributed by atoms with Crippen molar-refractivity contribution >= 4 is 0 Å². The Hall–Kier alpha value is -1.22. The first kappa shape index (κ1) is 9.04. The van der Waals surface area contributed by atoms with E-state index < -0.39 is 0 Å². The van der Waals surface area contributed by atoms with Crippen molar-refractivity contribution in [2.45, 2.75) is 31.3 Å². The normalized spacial score (nSPS) is 24.4. The average molecular weight is 205 g/mol. The number of fused-ring (bicyclic) bond motifs is 1. The second-order valence-corrected chi connectivity index (χ2v) is 4.45. The molecule has 1 aliphatic carbocycles. The Morgan fingerprint density at radius 1 is 1.27 bits per heavy atom. The van der Waals surface area contributed by atoms with Crippen LogP contribution in [0.5, 0.6) is 11.5 Å². The average Bonchev–Trinajstić information content (AvgIpc) is 3.02. The van der Waals surface area contributed by atoms with E-state index in [-0.39, 0.29) is 5.75 Å². The Morgan fingerprint density at radius 2 is 2.13 bits per heavy atom. The predicted octanol–water partition coefficient (Wildman–Crippen LogP) is 1.45. The van der Waals surface area contributed by atoms with Crippen molar-refractivity contribution in [1.82, 2.24) is 5.32 Å². The Morgan fingerprint density at radius 3 is 2.93 bits per heavy atom. The summed E-state index contributed by atoms with van der Waals surface area (Å²) in [4.78, 5) is 0. The van der Waals surface area contributed by atoms with E-state index in [9.17, 15) is 5.11 Å². The SMILES string of the molecule is Oc1ccc2c(c1)OCC(NC1CC1)C2. The van der Waals surface area contributed by atoms with Gasteiger partial charge in [0.15, 0.2) is 0 Å². The van der Waals surface area contributed by atoms with Crippen LogP contribution in [0.4, 0.5) is 0 Å². The van der Waals surface area contributed by atoms with Gasteiger partial charge in [-0.05, 0) is 30.9 Å². The van der Waals surface area contributed by atoms with Gasteiger partial charge < -0.3 is 15.2 Å². The molecule has 1 aliphatic heterocycles. The van der Waals surface area contributed by atoms with Crippen molar-refractivity contribution in [2.75, 3.05) is 6.61 Å². The lowest BCUT2D eigenvalue weighted by Crippen LogP contribution is -2.40. The van der Waals surface area contributed by atoms with Crippen LogP contribution in [-0.2, 0) is 6.42 Å². The molecule has 1 saturated carbocycles. The molecule has 0 spiro atoms. The van der Waals surface area contributed by atoms with Crippen molar-refractivity contribution in [1.29, 1.82) is 0 Å². The number of hydrogen-bond acceptors (Lipinski definition) is 3. The van der Waals surface area contributed by atoms with Crippen LogP contribution in [0.1, 0.15) is 18.4 Å². The zero-order valence-corrected chi connectivity index (χ0v) is 8.57. The largest absolute Gasteiger partial charge is 0.508 e. The molecule has 3 nitrogen and oxygen atoms in total. The first-order valence-electron chi connectivity index (χ1n) is 5.52. The third kappa shape index (κ3) is 1.92. The highest BCUT2D eigenvalue weighted by molar-refractivity contribution is 5.41. The molecule has 15 heavy (non-hydrogen) atoms. The molecule has 1 unspecified atom stereocenters. The van der Waals surface area contributed by atoms with E-state index in [1.807, 2.05) is 6.07 Å². The molecule has 80 valence electrons. The highest BCUT2D eigenvalue weighted by Crippen LogP contribution is 2.29. The quantitative estimate of drug-likeness (QED) is 0.767. The summed E-state index contributed by atoms with van der Waals surface area (Å²) in [6, 6.07) is 6.53. The van der Waals surface area contributed by atoms with Gasteiger partial charge in [0.2, 0.25) is 0 Å². The lowest BCUT2D eigenvalue weighted by Gasteiger charge is -2.26. The summed E-state index contributed by atoms with van der Waals surface area (Å²) in [6.45, 7) is 0.715. The predicted molar refractivity (Wildman–Crippen MR) is 57.3 cm³/mol. The highest BCUT2D eigenvalue weighted by atomic mass is 16.5. The van der Waals surface area contributed by atoms with E-state index in [0.717, 1.165) is 18.2 Å². The minimum Gasteiger partial charge on any atom is -0.508 e. The van der Waals surface area contributed by atoms with Gasteiger partial charge in [0.25, 0.3) is 0 Å². The summed E-state index contributed by atoms with van der Waals surface area (Å²) in [6.07, 6.45) is 3.62. The van der Waals surface area contributed by atoms with Crippen LogP contribution >= 0.6 is 0 Å². The smallest absolute Gasteiger partial charge is 0.126 e. The van der Waals surface area contributed by atoms with Crippen LogP contribution in [0.15, 0.2) is 18.2 Å². The Bertz CT molecular complexity index is 374. The molecule has 2 N–H and O–H groups in total. The summed E-state index contributed by atoms with van der Waals surface area (Å²) < 4.78 is 5.62. The lowest BCUT2D eigenvalue weighted by molar-refractivity contribution is 0.236. The molecular weight excluding hydrogens is 190 g/mol. The fourth-order valence-corrected chi connectivity index (χ4v) is 2.05. The Labute approximate surface area is 89.1 Å². The fourth-order valence-electron chi connectivity index (χ4n) is 2.05. The highest BCUT2D eigenvalue weighted by Gasteiger charge is 2.27. The van der Waals surface area contributed by atoms with Crippen LogP contribution < -0.4 is 10.1 Å². The van der Waals surface area contributed by atoms with E-state index in [0.29, 0.717) is 12.6 Å². The molecule has 1 fully saturated rings. The van der Waals surface area contributed by atoms with Crippen molar-refractivity contribution in [3.05, 3.63) is 23.8 Å². The van der Waals surface area contributed by atoms with Crippen LogP contribution in [0, 0.1) is 0 Å². The molecule has 3 rings (SSSR count). The first-order chi connectivity index (χ1) is 7.31. The van der Waals surface area contributed by atoms with Crippen LogP contribution in [0.2, 0.25) is 0 Å². The summed E-state index contributed by atoms with van der Waals surface area (Å²) in [5, 5.41) is 12.9. The first-order valence-corrected chi connectivity index (χ1v) is 5.52. The number of rotatable bonds is 2. The van der Waals surface area contributed by atoms with Gasteiger partial charge in [-0.25, -0.2) is 0 Å². The molecule has 1 aromatic rings. The third-order valence-corrected chi connectivity index (χ3v) is 3.01. The van der Waals surface area contributed by atoms with Gasteiger partial charge in [-0.2, -0.15) is 0 Å². The van der Waals surface area contributed by atoms with Gasteiger partial charge in [-0.15, -0.1) is 0 Å². The maximum absolute atomic E-state index is 9.31. The molecule has 0 radical (unpaired) electrons. The number of ether oxygens (including phenoxy) is 1. The maximum atomic E-state index is 9.31. The molecule has 3 heteroatoms. The summed E-state index contributed by atoms with van der Waals surface area (Å²) in [5.74, 6) is 1.12. The third-order valence-electron chi connectivity index (χ3n) is 3.01. The molecule has 0 aromatic heterocycles. The molecule has 1 aromatic carbocycles. The van der Waals surface area contributed by atoms with Gasteiger partial charge in [0, 0.05) is 18.2 Å². The van der Waals surface area contributed by atoms with E-state index in [1.54, 1.807) is 12.1 Å². The van der Waals surface area contributed by atoms with Crippen LogP contribution in [0.25, 0.3) is 0 Å². The lowest BCUT2D eigenvalue weighted by atomic mass is 10.0. The van der Waals surface area contributed by atoms with Gasteiger partial charge in [0.1, 0.15) is 18.1 Å².